The number of carboxylic acid groups (broad SMARTS) is 1. The molecule has 1 aromatic carbocycles. The molecule has 23 heavy (non-hydrogen) atoms. The lowest BCUT2D eigenvalue weighted by atomic mass is 10.2. The number of nitrogens with one attached hydrogen (secondary N) is 2. The molecule has 0 fully saturated rings. The van der Waals surface area contributed by atoms with Gasteiger partial charge in [0.05, 0.1) is 24.5 Å². The van der Waals surface area contributed by atoms with E-state index in [9.17, 15) is 14.4 Å². The van der Waals surface area contributed by atoms with Crippen molar-refractivity contribution in [1.82, 2.24) is 10.6 Å². The second-order valence-corrected chi connectivity index (χ2v) is 5.51. The monoisotopic (exact) mass is 340 g/mol. The van der Waals surface area contributed by atoms with Crippen LogP contribution in [0.25, 0.3) is 0 Å². The van der Waals surface area contributed by atoms with E-state index >= 15 is 0 Å². The third-order valence-corrected chi connectivity index (χ3v) is 3.58. The van der Waals surface area contributed by atoms with E-state index in [2.05, 4.69) is 10.6 Å². The molecule has 0 spiro atoms. The van der Waals surface area contributed by atoms with Gasteiger partial charge in [0.15, 0.2) is 0 Å². The van der Waals surface area contributed by atoms with E-state index in [0.717, 1.165) is 0 Å². The summed E-state index contributed by atoms with van der Waals surface area (Å²) in [6.07, 6.45) is 0. The van der Waals surface area contributed by atoms with Gasteiger partial charge >= 0.3 is 5.97 Å². The molecule has 0 radical (unpaired) electrons. The maximum Gasteiger partial charge on any atom is 0.313 e. The van der Waals surface area contributed by atoms with Gasteiger partial charge in [-0.3, -0.25) is 14.4 Å². The summed E-state index contributed by atoms with van der Waals surface area (Å²) >= 11 is 1.21. The molecule has 7 nitrogen and oxygen atoms in total. The van der Waals surface area contributed by atoms with Crippen molar-refractivity contribution in [2.45, 2.75) is 6.92 Å². The van der Waals surface area contributed by atoms with Crippen LogP contribution in [0.5, 0.6) is 5.75 Å². The number of benzene rings is 1. The smallest absolute Gasteiger partial charge is 0.313 e. The average Bonchev–Trinajstić information content (AvgIpc) is 2.53. The van der Waals surface area contributed by atoms with Gasteiger partial charge in [0, 0.05) is 12.3 Å². The molecule has 1 rings (SSSR count). The highest BCUT2D eigenvalue weighted by molar-refractivity contribution is 7.99. The number of amides is 2. The predicted molar refractivity (Wildman–Crippen MR) is 87.9 cm³/mol. The van der Waals surface area contributed by atoms with Crippen LogP contribution in [-0.2, 0) is 9.59 Å². The van der Waals surface area contributed by atoms with Crippen molar-refractivity contribution in [1.29, 1.82) is 0 Å². The Morgan fingerprint density at radius 2 is 1.96 bits per heavy atom. The Hall–Kier alpha value is -2.22. The fourth-order valence-electron chi connectivity index (χ4n) is 1.68. The lowest BCUT2D eigenvalue weighted by Gasteiger charge is -2.10. The molecule has 0 saturated heterocycles. The summed E-state index contributed by atoms with van der Waals surface area (Å²) < 4.78 is 5.36. The number of para-hydroxylation sites is 1. The molecular weight excluding hydrogens is 320 g/mol. The molecule has 0 aliphatic rings. The minimum atomic E-state index is -0.887. The van der Waals surface area contributed by atoms with E-state index in [-0.39, 0.29) is 24.1 Å². The molecule has 0 atom stereocenters. The molecule has 3 N–H and O–H groups in total. The highest BCUT2D eigenvalue weighted by atomic mass is 32.2. The van der Waals surface area contributed by atoms with Gasteiger partial charge in [0.1, 0.15) is 5.75 Å². The summed E-state index contributed by atoms with van der Waals surface area (Å²) in [4.78, 5) is 34.0. The summed E-state index contributed by atoms with van der Waals surface area (Å²) in [6.45, 7) is 2.47. The lowest BCUT2D eigenvalue weighted by Crippen LogP contribution is -2.37. The molecular formula is C15H20N2O5S. The molecule has 0 aliphatic heterocycles. The van der Waals surface area contributed by atoms with Gasteiger partial charge in [0.2, 0.25) is 5.91 Å². The van der Waals surface area contributed by atoms with Crippen molar-refractivity contribution in [2.24, 2.45) is 0 Å². The number of aliphatic carboxylic acids is 1. The molecule has 0 aromatic heterocycles. The number of carboxylic acids is 1. The maximum atomic E-state index is 12.1. The standard InChI is InChI=1S/C15H20N2O5S/c1-2-22-12-6-4-3-5-11(12)15(21)17-9-13(18)16-7-8-23-10-14(19)20/h3-6H,2,7-10H2,1H3,(H,16,18)(H,17,21)(H,19,20). The van der Waals surface area contributed by atoms with Gasteiger partial charge in [-0.25, -0.2) is 0 Å². The van der Waals surface area contributed by atoms with Gasteiger partial charge in [-0.2, -0.15) is 0 Å². The van der Waals surface area contributed by atoms with Crippen LogP contribution in [-0.4, -0.2) is 54.1 Å². The van der Waals surface area contributed by atoms with Gasteiger partial charge in [-0.15, -0.1) is 11.8 Å². The van der Waals surface area contributed by atoms with Crippen molar-refractivity contribution < 1.29 is 24.2 Å². The zero-order valence-corrected chi connectivity index (χ0v) is 13.6. The van der Waals surface area contributed by atoms with Crippen LogP contribution in [0.4, 0.5) is 0 Å². The number of carbonyl (C=O) groups excluding carboxylic acids is 2. The number of carbonyl (C=O) groups is 3. The van der Waals surface area contributed by atoms with Gasteiger partial charge in [0.25, 0.3) is 5.91 Å². The van der Waals surface area contributed by atoms with E-state index in [1.165, 1.54) is 11.8 Å². The third kappa shape index (κ3) is 7.55. The van der Waals surface area contributed by atoms with Crippen molar-refractivity contribution in [3.8, 4) is 5.75 Å². The van der Waals surface area contributed by atoms with Crippen LogP contribution in [0, 0.1) is 0 Å². The first-order chi connectivity index (χ1) is 11.0. The van der Waals surface area contributed by atoms with E-state index in [0.29, 0.717) is 30.2 Å². The Morgan fingerprint density at radius 1 is 1.22 bits per heavy atom. The Kier molecular flexibility index (Phi) is 8.59. The van der Waals surface area contributed by atoms with Crippen molar-refractivity contribution in [3.63, 3.8) is 0 Å². The normalized spacial score (nSPS) is 9.96. The number of ether oxygens (including phenoxy) is 1. The van der Waals surface area contributed by atoms with Gasteiger partial charge in [-0.05, 0) is 19.1 Å². The molecule has 8 heteroatoms. The Bertz CT molecular complexity index is 550. The van der Waals surface area contributed by atoms with Gasteiger partial charge < -0.3 is 20.5 Å². The second-order valence-electron chi connectivity index (χ2n) is 4.41. The number of hydrogen-bond donors (Lipinski definition) is 3. The first-order valence-electron chi connectivity index (χ1n) is 7.10. The number of thioether (sulfide) groups is 1. The lowest BCUT2D eigenvalue weighted by molar-refractivity contribution is -0.133. The maximum absolute atomic E-state index is 12.1. The molecule has 0 unspecified atom stereocenters. The van der Waals surface area contributed by atoms with E-state index in [4.69, 9.17) is 9.84 Å². The second kappa shape index (κ2) is 10.5. The van der Waals surface area contributed by atoms with Gasteiger partial charge in [-0.1, -0.05) is 12.1 Å². The van der Waals surface area contributed by atoms with E-state index in [1.807, 2.05) is 6.92 Å². The molecule has 126 valence electrons. The van der Waals surface area contributed by atoms with Crippen molar-refractivity contribution >= 4 is 29.5 Å². The quantitative estimate of drug-likeness (QED) is 0.543. The number of rotatable bonds is 10. The van der Waals surface area contributed by atoms with Crippen molar-refractivity contribution in [2.75, 3.05) is 31.2 Å². The topological polar surface area (TPSA) is 105 Å². The fraction of sp³-hybridized carbons (Fsp3) is 0.400. The largest absolute Gasteiger partial charge is 0.493 e. The molecule has 0 aliphatic carbocycles. The highest BCUT2D eigenvalue weighted by Crippen LogP contribution is 2.17. The van der Waals surface area contributed by atoms with Crippen LogP contribution in [0.15, 0.2) is 24.3 Å². The third-order valence-electron chi connectivity index (χ3n) is 2.64. The van der Waals surface area contributed by atoms with Crippen LogP contribution in [0.2, 0.25) is 0 Å². The van der Waals surface area contributed by atoms with E-state index < -0.39 is 5.97 Å². The highest BCUT2D eigenvalue weighted by Gasteiger charge is 2.12. The zero-order chi connectivity index (χ0) is 17.1. The Labute approximate surface area is 138 Å². The molecule has 1 aromatic rings. The van der Waals surface area contributed by atoms with Crippen LogP contribution >= 0.6 is 11.8 Å². The van der Waals surface area contributed by atoms with Crippen molar-refractivity contribution in [3.05, 3.63) is 29.8 Å². The Balaban J connectivity index is 2.33. The first kappa shape index (κ1) is 18.8. The SMILES string of the molecule is CCOc1ccccc1C(=O)NCC(=O)NCCSCC(=O)O. The number of hydrogen-bond acceptors (Lipinski definition) is 5. The Morgan fingerprint density at radius 3 is 2.65 bits per heavy atom. The summed E-state index contributed by atoms with van der Waals surface area (Å²) in [5.74, 6) is -0.632. The van der Waals surface area contributed by atoms with E-state index in [1.54, 1.807) is 24.3 Å². The molecule has 0 bridgehead atoms. The van der Waals surface area contributed by atoms with Crippen LogP contribution < -0.4 is 15.4 Å². The van der Waals surface area contributed by atoms with Crippen LogP contribution in [0.3, 0.4) is 0 Å². The summed E-state index contributed by atoms with van der Waals surface area (Å²) in [6, 6.07) is 6.80. The van der Waals surface area contributed by atoms with Crippen LogP contribution in [0.1, 0.15) is 17.3 Å². The molecule has 0 heterocycles. The summed E-state index contributed by atoms with van der Waals surface area (Å²) in [5.41, 5.74) is 0.374. The first-order valence-corrected chi connectivity index (χ1v) is 8.26. The predicted octanol–water partition coefficient (Wildman–Crippen LogP) is 0.749. The minimum absolute atomic E-state index is 0.000813. The molecule has 2 amide bonds. The zero-order valence-electron chi connectivity index (χ0n) is 12.8. The minimum Gasteiger partial charge on any atom is -0.493 e. The summed E-state index contributed by atoms with van der Waals surface area (Å²) in [5, 5.41) is 13.6. The average molecular weight is 340 g/mol. The molecule has 0 saturated carbocycles. The summed E-state index contributed by atoms with van der Waals surface area (Å²) in [7, 11) is 0. The fourth-order valence-corrected chi connectivity index (χ4v) is 2.24.